The number of hydrogen-bond acceptors (Lipinski definition) is 5. The highest BCUT2D eigenvalue weighted by molar-refractivity contribution is 7.92. The van der Waals surface area contributed by atoms with Gasteiger partial charge in [-0.3, -0.25) is 9.10 Å². The number of benzene rings is 2. The average Bonchev–Trinajstić information content (AvgIpc) is 2.66. The summed E-state index contributed by atoms with van der Waals surface area (Å²) < 4.78 is 36.9. The zero-order chi connectivity index (χ0) is 21.8. The number of aryl methyl sites for hydroxylation is 1. The highest BCUT2D eigenvalue weighted by Gasteiger charge is 2.33. The molecule has 0 bridgehead atoms. The van der Waals surface area contributed by atoms with E-state index in [1.165, 1.54) is 14.2 Å². The molecule has 1 N–H and O–H groups in total. The normalized spacial score (nSPS) is 12.2. The van der Waals surface area contributed by atoms with Crippen molar-refractivity contribution in [2.24, 2.45) is 0 Å². The summed E-state index contributed by atoms with van der Waals surface area (Å²) in [5, 5.41) is 3.14. The summed E-state index contributed by atoms with van der Waals surface area (Å²) in [4.78, 5) is 13.1. The van der Waals surface area contributed by atoms with Crippen LogP contribution in [-0.4, -0.2) is 40.8 Å². The van der Waals surface area contributed by atoms with Crippen molar-refractivity contribution in [1.82, 2.24) is 0 Å². The summed E-state index contributed by atoms with van der Waals surface area (Å²) >= 11 is 6.09. The number of methoxy groups -OCH3 is 2. The zero-order valence-corrected chi connectivity index (χ0v) is 18.6. The molecular formula is C20H25ClN2O5S. The Morgan fingerprint density at radius 1 is 1.17 bits per heavy atom. The van der Waals surface area contributed by atoms with E-state index in [4.69, 9.17) is 21.1 Å². The number of sulfonamides is 1. The predicted octanol–water partition coefficient (Wildman–Crippen LogP) is 3.85. The molecule has 29 heavy (non-hydrogen) atoms. The van der Waals surface area contributed by atoms with E-state index in [1.807, 2.05) is 0 Å². The second kappa shape index (κ2) is 9.37. The first-order valence-electron chi connectivity index (χ1n) is 8.90. The molecule has 1 atom stereocenters. The number of halogens is 1. The maximum Gasteiger partial charge on any atom is 0.248 e. The highest BCUT2D eigenvalue weighted by atomic mass is 35.5. The second-order valence-electron chi connectivity index (χ2n) is 6.47. The van der Waals surface area contributed by atoms with Gasteiger partial charge in [-0.05, 0) is 43.2 Å². The van der Waals surface area contributed by atoms with Crippen molar-refractivity contribution in [2.75, 3.05) is 30.1 Å². The minimum Gasteiger partial charge on any atom is -0.497 e. The number of anilines is 2. The first kappa shape index (κ1) is 22.8. The van der Waals surface area contributed by atoms with E-state index in [9.17, 15) is 13.2 Å². The molecule has 2 rings (SSSR count). The Kier molecular flexibility index (Phi) is 7.37. The van der Waals surface area contributed by atoms with Crippen molar-refractivity contribution in [1.29, 1.82) is 0 Å². The summed E-state index contributed by atoms with van der Waals surface area (Å²) in [6, 6.07) is 8.90. The van der Waals surface area contributed by atoms with Crippen LogP contribution in [0.5, 0.6) is 11.5 Å². The number of nitrogens with one attached hydrogen (secondary N) is 1. The fourth-order valence-electron chi connectivity index (χ4n) is 2.98. The van der Waals surface area contributed by atoms with E-state index in [0.717, 1.165) is 10.6 Å². The van der Waals surface area contributed by atoms with Crippen LogP contribution in [0.2, 0.25) is 5.02 Å². The third-order valence-electron chi connectivity index (χ3n) is 4.40. The van der Waals surface area contributed by atoms with Crippen LogP contribution >= 0.6 is 11.6 Å². The number of ether oxygens (including phenoxy) is 2. The number of carbonyl (C=O) groups is 1. The summed E-state index contributed by atoms with van der Waals surface area (Å²) in [5.74, 6) is 0.461. The van der Waals surface area contributed by atoms with Gasteiger partial charge in [0.1, 0.15) is 17.5 Å². The molecule has 9 heteroatoms. The maximum atomic E-state index is 13.1. The number of amides is 1. The lowest BCUT2D eigenvalue weighted by atomic mass is 10.1. The van der Waals surface area contributed by atoms with Gasteiger partial charge in [0.05, 0.1) is 31.9 Å². The predicted molar refractivity (Wildman–Crippen MR) is 116 cm³/mol. The zero-order valence-electron chi connectivity index (χ0n) is 17.0. The summed E-state index contributed by atoms with van der Waals surface area (Å²) in [6.45, 7) is 3.50. The van der Waals surface area contributed by atoms with Crippen molar-refractivity contribution in [3.8, 4) is 11.5 Å². The number of nitrogens with zero attached hydrogens (tertiary/aromatic N) is 1. The van der Waals surface area contributed by atoms with Gasteiger partial charge in [-0.15, -0.1) is 0 Å². The van der Waals surface area contributed by atoms with E-state index in [2.05, 4.69) is 5.32 Å². The molecule has 0 saturated carbocycles. The molecule has 2 aromatic rings. The Labute approximate surface area is 176 Å². The van der Waals surface area contributed by atoms with Crippen molar-refractivity contribution in [2.45, 2.75) is 26.3 Å². The molecule has 0 unspecified atom stereocenters. The molecule has 0 aliphatic carbocycles. The SMILES string of the molecule is CC[C@H](C(=O)Nc1cc(OC)ccc1OC)N(c1cc(Cl)ccc1C)S(C)(=O)=O. The molecule has 7 nitrogen and oxygen atoms in total. The van der Waals surface area contributed by atoms with Crippen LogP contribution in [0.3, 0.4) is 0 Å². The summed E-state index contributed by atoms with van der Waals surface area (Å²) in [6.07, 6.45) is 1.31. The molecular weight excluding hydrogens is 416 g/mol. The molecule has 0 saturated heterocycles. The molecule has 0 heterocycles. The van der Waals surface area contributed by atoms with Gasteiger partial charge in [0.25, 0.3) is 0 Å². The van der Waals surface area contributed by atoms with Gasteiger partial charge in [-0.1, -0.05) is 24.6 Å². The van der Waals surface area contributed by atoms with Crippen LogP contribution in [-0.2, 0) is 14.8 Å². The van der Waals surface area contributed by atoms with E-state index < -0.39 is 22.0 Å². The Morgan fingerprint density at radius 2 is 1.86 bits per heavy atom. The summed E-state index contributed by atoms with van der Waals surface area (Å²) in [5.41, 5.74) is 1.43. The van der Waals surface area contributed by atoms with Crippen molar-refractivity contribution in [3.05, 3.63) is 47.0 Å². The standard InChI is InChI=1S/C20H25ClN2O5S/c1-6-17(20(24)22-16-12-15(27-3)9-10-19(16)28-4)23(29(5,25)26)18-11-14(21)8-7-13(18)2/h7-12,17H,6H2,1-5H3,(H,22,24)/t17-/m1/s1. The van der Waals surface area contributed by atoms with Crippen molar-refractivity contribution in [3.63, 3.8) is 0 Å². The second-order valence-corrected chi connectivity index (χ2v) is 8.77. The fourth-order valence-corrected chi connectivity index (χ4v) is 4.41. The van der Waals surface area contributed by atoms with Gasteiger partial charge in [-0.2, -0.15) is 0 Å². The lowest BCUT2D eigenvalue weighted by Gasteiger charge is -2.31. The Morgan fingerprint density at radius 3 is 2.41 bits per heavy atom. The first-order chi connectivity index (χ1) is 13.6. The van der Waals surface area contributed by atoms with Gasteiger partial charge in [0.15, 0.2) is 0 Å². The Bertz CT molecular complexity index is 994. The van der Waals surface area contributed by atoms with Crippen LogP contribution in [0.1, 0.15) is 18.9 Å². The molecule has 2 aromatic carbocycles. The molecule has 0 spiro atoms. The lowest BCUT2D eigenvalue weighted by Crippen LogP contribution is -2.47. The minimum atomic E-state index is -3.78. The van der Waals surface area contributed by atoms with Crippen LogP contribution in [0.4, 0.5) is 11.4 Å². The minimum absolute atomic E-state index is 0.247. The monoisotopic (exact) mass is 440 g/mol. The molecule has 158 valence electrons. The van der Waals surface area contributed by atoms with Crippen molar-refractivity contribution >= 4 is 38.9 Å². The van der Waals surface area contributed by atoms with E-state index in [1.54, 1.807) is 50.2 Å². The number of hydrogen-bond donors (Lipinski definition) is 1. The van der Waals surface area contributed by atoms with Gasteiger partial charge in [0.2, 0.25) is 15.9 Å². The Hall–Kier alpha value is -2.45. The van der Waals surface area contributed by atoms with Crippen LogP contribution in [0.15, 0.2) is 36.4 Å². The molecule has 0 aromatic heterocycles. The highest BCUT2D eigenvalue weighted by Crippen LogP contribution is 2.32. The van der Waals surface area contributed by atoms with Gasteiger partial charge < -0.3 is 14.8 Å². The summed E-state index contributed by atoms with van der Waals surface area (Å²) in [7, 11) is -0.788. The number of rotatable bonds is 8. The lowest BCUT2D eigenvalue weighted by molar-refractivity contribution is -0.117. The quantitative estimate of drug-likeness (QED) is 0.673. The Balaban J connectivity index is 2.48. The van der Waals surface area contributed by atoms with E-state index in [-0.39, 0.29) is 6.42 Å². The largest absolute Gasteiger partial charge is 0.497 e. The molecule has 1 amide bonds. The topological polar surface area (TPSA) is 84.9 Å². The molecule has 0 aliphatic rings. The van der Waals surface area contributed by atoms with E-state index >= 15 is 0 Å². The molecule has 0 radical (unpaired) electrons. The van der Waals surface area contributed by atoms with E-state index in [0.29, 0.717) is 33.5 Å². The first-order valence-corrected chi connectivity index (χ1v) is 11.1. The third kappa shape index (κ3) is 5.33. The van der Waals surface area contributed by atoms with Crippen LogP contribution in [0, 0.1) is 6.92 Å². The van der Waals surface area contributed by atoms with Gasteiger partial charge >= 0.3 is 0 Å². The van der Waals surface area contributed by atoms with Crippen LogP contribution in [0.25, 0.3) is 0 Å². The van der Waals surface area contributed by atoms with Crippen molar-refractivity contribution < 1.29 is 22.7 Å². The number of carbonyl (C=O) groups excluding carboxylic acids is 1. The van der Waals surface area contributed by atoms with Gasteiger partial charge in [-0.25, -0.2) is 8.42 Å². The molecule has 0 aliphatic heterocycles. The van der Waals surface area contributed by atoms with Gasteiger partial charge in [0, 0.05) is 11.1 Å². The average molecular weight is 441 g/mol. The smallest absolute Gasteiger partial charge is 0.248 e. The van der Waals surface area contributed by atoms with Crippen LogP contribution < -0.4 is 19.1 Å². The fraction of sp³-hybridized carbons (Fsp3) is 0.350. The molecule has 0 fully saturated rings. The third-order valence-corrected chi connectivity index (χ3v) is 5.80. The maximum absolute atomic E-state index is 13.1.